The maximum atomic E-state index is 12.3. The maximum absolute atomic E-state index is 12.3. The van der Waals surface area contributed by atoms with Crippen molar-refractivity contribution < 1.29 is 19.1 Å². The highest BCUT2D eigenvalue weighted by Gasteiger charge is 2.34. The van der Waals surface area contributed by atoms with Gasteiger partial charge in [-0.2, -0.15) is 0 Å². The Hall–Kier alpha value is -2.24. The van der Waals surface area contributed by atoms with Crippen molar-refractivity contribution in [3.8, 4) is 11.5 Å². The molecule has 0 aromatic heterocycles. The van der Waals surface area contributed by atoms with Gasteiger partial charge in [-0.05, 0) is 48.8 Å². The summed E-state index contributed by atoms with van der Waals surface area (Å²) in [6, 6.07) is 5.79. The number of amides is 2. The predicted molar refractivity (Wildman–Crippen MR) is 98.1 cm³/mol. The van der Waals surface area contributed by atoms with Crippen LogP contribution in [0.5, 0.6) is 11.5 Å². The summed E-state index contributed by atoms with van der Waals surface area (Å²) in [6.45, 7) is 5.27. The molecule has 2 N–H and O–H groups in total. The highest BCUT2D eigenvalue weighted by Crippen LogP contribution is 2.43. The van der Waals surface area contributed by atoms with Crippen LogP contribution in [0.3, 0.4) is 0 Å². The van der Waals surface area contributed by atoms with Crippen molar-refractivity contribution in [3.63, 3.8) is 0 Å². The number of hydrogen-bond acceptors (Lipinski definition) is 4. The van der Waals surface area contributed by atoms with E-state index in [9.17, 15) is 9.59 Å². The summed E-state index contributed by atoms with van der Waals surface area (Å²) in [4.78, 5) is 24.1. The largest absolute Gasteiger partial charge is 0.486 e. The zero-order chi connectivity index (χ0) is 18.5. The Balaban J connectivity index is 1.55. The fourth-order valence-electron chi connectivity index (χ4n) is 3.07. The van der Waals surface area contributed by atoms with Gasteiger partial charge in [0.2, 0.25) is 11.8 Å². The number of nitrogens with one attached hydrogen (secondary N) is 2. The molecule has 1 fully saturated rings. The van der Waals surface area contributed by atoms with Crippen LogP contribution < -0.4 is 20.1 Å². The summed E-state index contributed by atoms with van der Waals surface area (Å²) in [6.07, 6.45) is 3.48. The average molecular weight is 360 g/mol. The van der Waals surface area contributed by atoms with E-state index in [4.69, 9.17) is 9.47 Å². The Kier molecular flexibility index (Phi) is 6.01. The second kappa shape index (κ2) is 8.43. The molecule has 1 aliphatic heterocycles. The zero-order valence-electron chi connectivity index (χ0n) is 15.5. The molecule has 1 unspecified atom stereocenters. The van der Waals surface area contributed by atoms with E-state index < -0.39 is 0 Å². The minimum atomic E-state index is -0.158. The van der Waals surface area contributed by atoms with E-state index in [-0.39, 0.29) is 24.4 Å². The fraction of sp³-hybridized carbons (Fsp3) is 0.600. The van der Waals surface area contributed by atoms with Gasteiger partial charge in [0.05, 0.1) is 12.6 Å². The quantitative estimate of drug-likeness (QED) is 0.747. The van der Waals surface area contributed by atoms with Crippen LogP contribution in [0.15, 0.2) is 18.2 Å². The number of ether oxygens (including phenoxy) is 2. The van der Waals surface area contributed by atoms with Crippen LogP contribution in [0.25, 0.3) is 0 Å². The molecule has 0 radical (unpaired) electrons. The molecular weight excluding hydrogens is 332 g/mol. The van der Waals surface area contributed by atoms with Gasteiger partial charge in [0.1, 0.15) is 13.2 Å². The Morgan fingerprint density at radius 2 is 1.85 bits per heavy atom. The van der Waals surface area contributed by atoms with Gasteiger partial charge >= 0.3 is 0 Å². The van der Waals surface area contributed by atoms with Crippen LogP contribution >= 0.6 is 0 Å². The Morgan fingerprint density at radius 1 is 1.12 bits per heavy atom. The zero-order valence-corrected chi connectivity index (χ0v) is 15.5. The molecule has 3 rings (SSSR count). The van der Waals surface area contributed by atoms with Crippen LogP contribution in [-0.4, -0.2) is 31.6 Å². The van der Waals surface area contributed by atoms with E-state index in [2.05, 4.69) is 24.5 Å². The van der Waals surface area contributed by atoms with Crippen molar-refractivity contribution in [2.75, 3.05) is 19.8 Å². The molecule has 0 spiro atoms. The lowest BCUT2D eigenvalue weighted by Crippen LogP contribution is -2.39. The SMILES string of the molecule is CC(C)CCC(=O)NCC(=O)NC(c1ccc2c(c1)OCCO2)C1CC1. The first-order chi connectivity index (χ1) is 12.5. The minimum absolute atomic E-state index is 0.0186. The summed E-state index contributed by atoms with van der Waals surface area (Å²) < 4.78 is 11.2. The topological polar surface area (TPSA) is 76.7 Å². The summed E-state index contributed by atoms with van der Waals surface area (Å²) in [7, 11) is 0. The Bertz CT molecular complexity index is 655. The number of rotatable bonds is 8. The summed E-state index contributed by atoms with van der Waals surface area (Å²) in [5, 5.41) is 5.78. The Labute approximate surface area is 154 Å². The van der Waals surface area contributed by atoms with Crippen LogP contribution in [0, 0.1) is 11.8 Å². The third-order valence-corrected chi connectivity index (χ3v) is 4.73. The fourth-order valence-corrected chi connectivity index (χ4v) is 3.07. The van der Waals surface area contributed by atoms with Crippen molar-refractivity contribution in [2.24, 2.45) is 11.8 Å². The highest BCUT2D eigenvalue weighted by atomic mass is 16.6. The van der Waals surface area contributed by atoms with Crippen molar-refractivity contribution in [2.45, 2.75) is 45.6 Å². The average Bonchev–Trinajstić information content (AvgIpc) is 3.47. The molecule has 1 saturated carbocycles. The molecule has 1 atom stereocenters. The number of benzene rings is 1. The number of fused-ring (bicyclic) bond motifs is 1. The molecule has 1 aromatic carbocycles. The van der Waals surface area contributed by atoms with E-state index in [1.165, 1.54) is 0 Å². The molecule has 1 aliphatic carbocycles. The standard InChI is InChI=1S/C20H28N2O4/c1-13(2)3-8-18(23)21-12-19(24)22-20(14-4-5-14)15-6-7-16-17(11-15)26-10-9-25-16/h6-7,11,13-14,20H,3-5,8-10,12H2,1-2H3,(H,21,23)(H,22,24). The van der Waals surface area contributed by atoms with Gasteiger partial charge in [-0.15, -0.1) is 0 Å². The van der Waals surface area contributed by atoms with E-state index in [0.717, 1.165) is 36.3 Å². The van der Waals surface area contributed by atoms with Gasteiger partial charge in [-0.1, -0.05) is 19.9 Å². The smallest absolute Gasteiger partial charge is 0.239 e. The summed E-state index contributed by atoms with van der Waals surface area (Å²) >= 11 is 0. The molecule has 6 nitrogen and oxygen atoms in total. The lowest BCUT2D eigenvalue weighted by Gasteiger charge is -2.23. The lowest BCUT2D eigenvalue weighted by atomic mass is 10.0. The first kappa shape index (κ1) is 18.5. The minimum Gasteiger partial charge on any atom is -0.486 e. The van der Waals surface area contributed by atoms with Gasteiger partial charge in [-0.3, -0.25) is 9.59 Å². The molecule has 1 heterocycles. The van der Waals surface area contributed by atoms with Gasteiger partial charge in [0.15, 0.2) is 11.5 Å². The van der Waals surface area contributed by atoms with Crippen LogP contribution in [0.1, 0.15) is 51.1 Å². The number of hydrogen-bond donors (Lipinski definition) is 2. The van der Waals surface area contributed by atoms with E-state index in [1.807, 2.05) is 18.2 Å². The first-order valence-corrected chi connectivity index (χ1v) is 9.48. The van der Waals surface area contributed by atoms with Crippen LogP contribution in [0.2, 0.25) is 0 Å². The second-order valence-electron chi connectivity index (χ2n) is 7.49. The third-order valence-electron chi connectivity index (χ3n) is 4.73. The lowest BCUT2D eigenvalue weighted by molar-refractivity contribution is -0.126. The number of carbonyl (C=O) groups excluding carboxylic acids is 2. The monoisotopic (exact) mass is 360 g/mol. The van der Waals surface area contributed by atoms with Gasteiger partial charge in [0.25, 0.3) is 0 Å². The molecular formula is C20H28N2O4. The highest BCUT2D eigenvalue weighted by molar-refractivity contribution is 5.84. The van der Waals surface area contributed by atoms with Crippen molar-refractivity contribution in [1.29, 1.82) is 0 Å². The van der Waals surface area contributed by atoms with Crippen molar-refractivity contribution in [3.05, 3.63) is 23.8 Å². The maximum Gasteiger partial charge on any atom is 0.239 e. The molecule has 0 saturated heterocycles. The molecule has 1 aromatic rings. The Morgan fingerprint density at radius 3 is 2.54 bits per heavy atom. The van der Waals surface area contributed by atoms with Gasteiger partial charge < -0.3 is 20.1 Å². The third kappa shape index (κ3) is 5.13. The molecule has 2 aliphatic rings. The molecule has 2 amide bonds. The van der Waals surface area contributed by atoms with E-state index in [0.29, 0.717) is 31.5 Å². The van der Waals surface area contributed by atoms with Gasteiger partial charge in [0, 0.05) is 6.42 Å². The van der Waals surface area contributed by atoms with E-state index in [1.54, 1.807) is 0 Å². The van der Waals surface area contributed by atoms with Crippen molar-refractivity contribution in [1.82, 2.24) is 10.6 Å². The second-order valence-corrected chi connectivity index (χ2v) is 7.49. The van der Waals surface area contributed by atoms with Crippen LogP contribution in [0.4, 0.5) is 0 Å². The van der Waals surface area contributed by atoms with Crippen molar-refractivity contribution >= 4 is 11.8 Å². The first-order valence-electron chi connectivity index (χ1n) is 9.48. The molecule has 0 bridgehead atoms. The van der Waals surface area contributed by atoms with Gasteiger partial charge in [-0.25, -0.2) is 0 Å². The molecule has 26 heavy (non-hydrogen) atoms. The summed E-state index contributed by atoms with van der Waals surface area (Å²) in [5.74, 6) is 2.17. The molecule has 142 valence electrons. The molecule has 6 heteroatoms. The van der Waals surface area contributed by atoms with Crippen LogP contribution in [-0.2, 0) is 9.59 Å². The normalized spacial score (nSPS) is 16.9. The number of carbonyl (C=O) groups is 2. The summed E-state index contributed by atoms with van der Waals surface area (Å²) in [5.41, 5.74) is 1.02. The van der Waals surface area contributed by atoms with E-state index >= 15 is 0 Å². The predicted octanol–water partition coefficient (Wildman–Crippen LogP) is 2.58.